The molecule has 1 aromatic heterocycles. The number of ether oxygens (including phenoxy) is 1. The number of hydrogen-bond acceptors (Lipinski definition) is 5. The maximum Gasteiger partial charge on any atom is 0.250 e. The van der Waals surface area contributed by atoms with Gasteiger partial charge in [-0.1, -0.05) is 23.8 Å². The van der Waals surface area contributed by atoms with Crippen LogP contribution in [0.1, 0.15) is 12.5 Å². The number of aryl methyl sites for hydroxylation is 1. The predicted molar refractivity (Wildman–Crippen MR) is 126 cm³/mol. The lowest BCUT2D eigenvalue weighted by Crippen LogP contribution is -2.40. The first-order valence-electron chi connectivity index (χ1n) is 8.76. The number of nitrogens with zero attached hydrogens (tertiary/aromatic N) is 1. The molecule has 0 atom stereocenters. The number of thiophene rings is 1. The van der Waals surface area contributed by atoms with Gasteiger partial charge in [-0.2, -0.15) is 0 Å². The molecule has 2 aromatic rings. The van der Waals surface area contributed by atoms with Crippen molar-refractivity contribution < 1.29 is 13.2 Å². The summed E-state index contributed by atoms with van der Waals surface area (Å²) in [5.41, 5.74) is 1.19. The quantitative estimate of drug-likeness (QED) is 0.187. The number of benzene rings is 1. The molecule has 0 fully saturated rings. The molecular formula is C18H27IN4O3S2. The molecule has 10 heteroatoms. The second kappa shape index (κ2) is 13.0. The molecule has 0 saturated carbocycles. The lowest BCUT2D eigenvalue weighted by molar-refractivity contribution is 0.322. The SMILES string of the molecule is CCNC(=NCCNS(=O)(=O)c1cccs1)NCCOc1ccc(C)cc1.I. The van der Waals surface area contributed by atoms with E-state index in [0.29, 0.717) is 36.4 Å². The van der Waals surface area contributed by atoms with E-state index in [1.807, 2.05) is 38.1 Å². The van der Waals surface area contributed by atoms with Crippen molar-refractivity contribution in [3.8, 4) is 5.75 Å². The molecule has 0 saturated heterocycles. The topological polar surface area (TPSA) is 91.8 Å². The highest BCUT2D eigenvalue weighted by Gasteiger charge is 2.13. The van der Waals surface area contributed by atoms with E-state index in [-0.39, 0.29) is 30.5 Å². The van der Waals surface area contributed by atoms with Crippen LogP contribution in [0.3, 0.4) is 0 Å². The molecule has 0 radical (unpaired) electrons. The fraction of sp³-hybridized carbons (Fsp3) is 0.389. The van der Waals surface area contributed by atoms with E-state index in [1.54, 1.807) is 17.5 Å². The fourth-order valence-corrected chi connectivity index (χ4v) is 4.21. The highest BCUT2D eigenvalue weighted by molar-refractivity contribution is 14.0. The van der Waals surface area contributed by atoms with Crippen LogP contribution in [-0.2, 0) is 10.0 Å². The van der Waals surface area contributed by atoms with E-state index in [4.69, 9.17) is 4.74 Å². The van der Waals surface area contributed by atoms with Gasteiger partial charge in [-0.15, -0.1) is 35.3 Å². The summed E-state index contributed by atoms with van der Waals surface area (Å²) in [5, 5.41) is 8.02. The van der Waals surface area contributed by atoms with Crippen molar-refractivity contribution in [3.63, 3.8) is 0 Å². The number of halogens is 1. The molecular weight excluding hydrogens is 511 g/mol. The van der Waals surface area contributed by atoms with Crippen molar-refractivity contribution in [1.29, 1.82) is 0 Å². The minimum absolute atomic E-state index is 0. The van der Waals surface area contributed by atoms with E-state index in [0.717, 1.165) is 5.75 Å². The van der Waals surface area contributed by atoms with Crippen molar-refractivity contribution in [2.75, 3.05) is 32.8 Å². The fourth-order valence-electron chi connectivity index (χ4n) is 2.15. The lowest BCUT2D eigenvalue weighted by Gasteiger charge is -2.12. The van der Waals surface area contributed by atoms with Crippen LogP contribution in [0.25, 0.3) is 0 Å². The van der Waals surface area contributed by atoms with Crippen LogP contribution in [-0.4, -0.2) is 47.2 Å². The summed E-state index contributed by atoms with van der Waals surface area (Å²) in [4.78, 5) is 4.37. The van der Waals surface area contributed by atoms with Crippen molar-refractivity contribution in [1.82, 2.24) is 15.4 Å². The van der Waals surface area contributed by atoms with Crippen LogP contribution in [0, 0.1) is 6.92 Å². The Hall–Kier alpha value is -1.37. The Morgan fingerprint density at radius 2 is 1.89 bits per heavy atom. The number of aliphatic imine (C=N–C) groups is 1. The molecule has 0 aliphatic rings. The van der Waals surface area contributed by atoms with E-state index in [2.05, 4.69) is 20.3 Å². The minimum Gasteiger partial charge on any atom is -0.492 e. The second-order valence-corrected chi connectivity index (χ2v) is 8.62. The van der Waals surface area contributed by atoms with Crippen molar-refractivity contribution in [3.05, 3.63) is 47.3 Å². The minimum atomic E-state index is -3.44. The van der Waals surface area contributed by atoms with Crippen LogP contribution < -0.4 is 20.1 Å². The molecule has 0 unspecified atom stereocenters. The van der Waals surface area contributed by atoms with Gasteiger partial charge < -0.3 is 15.4 Å². The summed E-state index contributed by atoms with van der Waals surface area (Å²) >= 11 is 1.19. The first-order valence-corrected chi connectivity index (χ1v) is 11.1. The Bertz CT molecular complexity index is 810. The van der Waals surface area contributed by atoms with Gasteiger partial charge in [0.2, 0.25) is 10.0 Å². The molecule has 0 aliphatic carbocycles. The van der Waals surface area contributed by atoms with Crippen LogP contribution in [0.5, 0.6) is 5.75 Å². The first-order chi connectivity index (χ1) is 13.0. The molecule has 156 valence electrons. The number of hydrogen-bond donors (Lipinski definition) is 3. The molecule has 28 heavy (non-hydrogen) atoms. The van der Waals surface area contributed by atoms with Gasteiger partial charge >= 0.3 is 0 Å². The molecule has 2 rings (SSSR count). The third kappa shape index (κ3) is 8.76. The largest absolute Gasteiger partial charge is 0.492 e. The van der Waals surface area contributed by atoms with Gasteiger partial charge in [0, 0.05) is 13.1 Å². The zero-order valence-electron chi connectivity index (χ0n) is 16.0. The van der Waals surface area contributed by atoms with E-state index < -0.39 is 10.0 Å². The van der Waals surface area contributed by atoms with E-state index in [1.165, 1.54) is 16.9 Å². The van der Waals surface area contributed by atoms with Crippen molar-refractivity contribution in [2.45, 2.75) is 18.1 Å². The van der Waals surface area contributed by atoms with Crippen LogP contribution in [0.15, 0.2) is 51.0 Å². The molecule has 0 aliphatic heterocycles. The summed E-state index contributed by atoms with van der Waals surface area (Å²) in [6.07, 6.45) is 0. The highest BCUT2D eigenvalue weighted by Crippen LogP contribution is 2.14. The summed E-state index contributed by atoms with van der Waals surface area (Å²) in [6, 6.07) is 11.2. The molecule has 0 spiro atoms. The number of nitrogens with one attached hydrogen (secondary N) is 3. The van der Waals surface area contributed by atoms with Crippen LogP contribution in [0.2, 0.25) is 0 Å². The molecule has 7 nitrogen and oxygen atoms in total. The number of sulfonamides is 1. The van der Waals surface area contributed by atoms with Gasteiger partial charge in [-0.25, -0.2) is 13.1 Å². The zero-order valence-corrected chi connectivity index (χ0v) is 19.9. The molecule has 0 bridgehead atoms. The molecule has 3 N–H and O–H groups in total. The Kier molecular flexibility index (Phi) is 11.4. The predicted octanol–water partition coefficient (Wildman–Crippen LogP) is 2.59. The Morgan fingerprint density at radius 3 is 2.54 bits per heavy atom. The molecule has 1 aromatic carbocycles. The average Bonchev–Trinajstić information content (AvgIpc) is 3.19. The Balaban J connectivity index is 0.00000392. The monoisotopic (exact) mass is 538 g/mol. The van der Waals surface area contributed by atoms with Gasteiger partial charge in [-0.05, 0) is 37.4 Å². The van der Waals surface area contributed by atoms with Gasteiger partial charge in [0.25, 0.3) is 0 Å². The Morgan fingerprint density at radius 1 is 1.14 bits per heavy atom. The van der Waals surface area contributed by atoms with Crippen LogP contribution >= 0.6 is 35.3 Å². The normalized spacial score (nSPS) is 11.6. The van der Waals surface area contributed by atoms with Gasteiger partial charge in [-0.3, -0.25) is 4.99 Å². The average molecular weight is 538 g/mol. The summed E-state index contributed by atoms with van der Waals surface area (Å²) in [7, 11) is -3.44. The van der Waals surface area contributed by atoms with Gasteiger partial charge in [0.1, 0.15) is 16.6 Å². The zero-order chi connectivity index (χ0) is 19.5. The van der Waals surface area contributed by atoms with Gasteiger partial charge in [0.05, 0.1) is 13.1 Å². The van der Waals surface area contributed by atoms with Crippen molar-refractivity contribution in [2.24, 2.45) is 4.99 Å². The summed E-state index contributed by atoms with van der Waals surface area (Å²) in [5.74, 6) is 1.45. The number of rotatable bonds is 10. The standard InChI is InChI=1S/C18H26N4O3S2.HI/c1-3-19-18(21-12-13-25-16-8-6-15(2)7-9-16)20-10-11-22-27(23,24)17-5-4-14-26-17;/h4-9,14,22H,3,10-13H2,1-2H3,(H2,19,20,21);1H. The maximum absolute atomic E-state index is 12.0. The lowest BCUT2D eigenvalue weighted by atomic mass is 10.2. The highest BCUT2D eigenvalue weighted by atomic mass is 127. The number of guanidine groups is 1. The van der Waals surface area contributed by atoms with E-state index >= 15 is 0 Å². The molecule has 1 heterocycles. The summed E-state index contributed by atoms with van der Waals surface area (Å²) in [6.45, 7) is 6.37. The van der Waals surface area contributed by atoms with Crippen LogP contribution in [0.4, 0.5) is 0 Å². The maximum atomic E-state index is 12.0. The third-order valence-corrected chi connectivity index (χ3v) is 6.32. The van der Waals surface area contributed by atoms with E-state index in [9.17, 15) is 8.42 Å². The first kappa shape index (κ1) is 24.7. The summed E-state index contributed by atoms with van der Waals surface area (Å²) < 4.78 is 32.6. The Labute approximate surface area is 188 Å². The molecule has 0 amide bonds. The third-order valence-electron chi connectivity index (χ3n) is 3.46. The second-order valence-electron chi connectivity index (χ2n) is 5.68. The van der Waals surface area contributed by atoms with Crippen molar-refractivity contribution >= 4 is 51.3 Å². The smallest absolute Gasteiger partial charge is 0.250 e. The van der Waals surface area contributed by atoms with Gasteiger partial charge in [0.15, 0.2) is 5.96 Å².